The normalized spacial score (nSPS) is 11.9. The standard InChI is InChI=1S/C10H8BrNO4S2/c1-12-18(15,16)9-3-5-2-8(10(13)14)17-7(5)4-6(9)11/h2-4,12H,1H3,(H,13,14). The summed E-state index contributed by atoms with van der Waals surface area (Å²) in [7, 11) is -2.25. The number of rotatable bonds is 3. The van der Waals surface area contributed by atoms with Crippen LogP contribution in [0.1, 0.15) is 9.67 Å². The van der Waals surface area contributed by atoms with Gasteiger partial charge in [0.05, 0.1) is 4.90 Å². The van der Waals surface area contributed by atoms with E-state index in [1.54, 1.807) is 6.07 Å². The van der Waals surface area contributed by atoms with E-state index in [0.717, 1.165) is 11.3 Å². The first-order chi connectivity index (χ1) is 8.35. The summed E-state index contributed by atoms with van der Waals surface area (Å²) in [5.74, 6) is -1.02. The average Bonchev–Trinajstić information content (AvgIpc) is 2.70. The van der Waals surface area contributed by atoms with Gasteiger partial charge in [-0.3, -0.25) is 0 Å². The molecule has 0 saturated heterocycles. The molecule has 1 heterocycles. The average molecular weight is 350 g/mol. The Hall–Kier alpha value is -0.960. The van der Waals surface area contributed by atoms with Gasteiger partial charge in [-0.25, -0.2) is 17.9 Å². The van der Waals surface area contributed by atoms with Gasteiger partial charge in [-0.1, -0.05) is 0 Å². The van der Waals surface area contributed by atoms with Crippen LogP contribution >= 0.6 is 27.3 Å². The first kappa shape index (κ1) is 13.5. The number of nitrogens with one attached hydrogen (secondary N) is 1. The van der Waals surface area contributed by atoms with Crippen molar-refractivity contribution in [1.29, 1.82) is 0 Å². The lowest BCUT2D eigenvalue weighted by atomic mass is 10.2. The molecule has 96 valence electrons. The van der Waals surface area contributed by atoms with Gasteiger partial charge in [0.25, 0.3) is 0 Å². The van der Waals surface area contributed by atoms with Crippen molar-refractivity contribution in [3.8, 4) is 0 Å². The van der Waals surface area contributed by atoms with Crippen molar-refractivity contribution in [3.05, 3.63) is 27.5 Å². The molecule has 0 amide bonds. The van der Waals surface area contributed by atoms with Crippen LogP contribution in [-0.4, -0.2) is 26.5 Å². The van der Waals surface area contributed by atoms with Crippen LogP contribution in [0.3, 0.4) is 0 Å². The van der Waals surface area contributed by atoms with E-state index in [9.17, 15) is 13.2 Å². The molecule has 0 saturated carbocycles. The largest absolute Gasteiger partial charge is 0.477 e. The Morgan fingerprint density at radius 2 is 2.06 bits per heavy atom. The third-order valence-corrected chi connectivity index (χ3v) is 5.80. The quantitative estimate of drug-likeness (QED) is 0.890. The van der Waals surface area contributed by atoms with Crippen molar-refractivity contribution < 1.29 is 18.3 Å². The van der Waals surface area contributed by atoms with Crippen molar-refractivity contribution in [2.24, 2.45) is 0 Å². The zero-order valence-electron chi connectivity index (χ0n) is 9.10. The molecule has 1 aromatic carbocycles. The van der Waals surface area contributed by atoms with Crippen molar-refractivity contribution in [1.82, 2.24) is 4.72 Å². The minimum atomic E-state index is -3.57. The molecule has 0 unspecified atom stereocenters. The summed E-state index contributed by atoms with van der Waals surface area (Å²) in [6.45, 7) is 0. The zero-order chi connectivity index (χ0) is 13.5. The van der Waals surface area contributed by atoms with Crippen molar-refractivity contribution >= 4 is 53.3 Å². The molecule has 8 heteroatoms. The maximum atomic E-state index is 11.8. The fourth-order valence-corrected chi connectivity index (χ4v) is 4.34. The highest BCUT2D eigenvalue weighted by Gasteiger charge is 2.18. The highest BCUT2D eigenvalue weighted by atomic mass is 79.9. The van der Waals surface area contributed by atoms with E-state index in [1.165, 1.54) is 19.2 Å². The van der Waals surface area contributed by atoms with Gasteiger partial charge in [0.15, 0.2) is 0 Å². The zero-order valence-corrected chi connectivity index (χ0v) is 12.3. The first-order valence-corrected chi connectivity index (χ1v) is 7.84. The predicted octanol–water partition coefficient (Wildman–Crippen LogP) is 2.27. The lowest BCUT2D eigenvalue weighted by Gasteiger charge is -2.05. The first-order valence-electron chi connectivity index (χ1n) is 4.75. The van der Waals surface area contributed by atoms with E-state index in [-0.39, 0.29) is 9.77 Å². The van der Waals surface area contributed by atoms with Crippen LogP contribution in [0.15, 0.2) is 27.6 Å². The number of thiophene rings is 1. The molecule has 1 aromatic heterocycles. The molecule has 2 N–H and O–H groups in total. The summed E-state index contributed by atoms with van der Waals surface area (Å²) >= 11 is 4.28. The second kappa shape index (κ2) is 4.61. The monoisotopic (exact) mass is 349 g/mol. The van der Waals surface area contributed by atoms with Crippen molar-refractivity contribution in [3.63, 3.8) is 0 Å². The summed E-state index contributed by atoms with van der Waals surface area (Å²) in [6.07, 6.45) is 0. The van der Waals surface area contributed by atoms with Gasteiger partial charge >= 0.3 is 5.97 Å². The van der Waals surface area contributed by atoms with E-state index in [2.05, 4.69) is 20.7 Å². The van der Waals surface area contributed by atoms with E-state index >= 15 is 0 Å². The maximum absolute atomic E-state index is 11.8. The summed E-state index contributed by atoms with van der Waals surface area (Å²) in [6, 6.07) is 4.52. The molecule has 0 bridgehead atoms. The number of carboxylic acids is 1. The van der Waals surface area contributed by atoms with Crippen LogP contribution in [0.4, 0.5) is 0 Å². The Bertz CT molecular complexity index is 736. The van der Waals surface area contributed by atoms with E-state index in [0.29, 0.717) is 14.6 Å². The number of halogens is 1. The topological polar surface area (TPSA) is 83.5 Å². The Labute approximate surface area is 116 Å². The molecule has 0 aliphatic rings. The molecule has 5 nitrogen and oxygen atoms in total. The van der Waals surface area contributed by atoms with Crippen LogP contribution in [0.5, 0.6) is 0 Å². The van der Waals surface area contributed by atoms with Gasteiger partial charge in [-0.15, -0.1) is 11.3 Å². The fraction of sp³-hybridized carbons (Fsp3) is 0.100. The molecule has 18 heavy (non-hydrogen) atoms. The maximum Gasteiger partial charge on any atom is 0.345 e. The highest BCUT2D eigenvalue weighted by molar-refractivity contribution is 9.10. The molecule has 0 radical (unpaired) electrons. The molecule has 2 aromatic rings. The SMILES string of the molecule is CNS(=O)(=O)c1cc2cc(C(=O)O)sc2cc1Br. The summed E-state index contributed by atoms with van der Waals surface area (Å²) in [5.41, 5.74) is 0. The molecular weight excluding hydrogens is 342 g/mol. The smallest absolute Gasteiger partial charge is 0.345 e. The minimum absolute atomic E-state index is 0.0900. The fourth-order valence-electron chi connectivity index (χ4n) is 1.46. The van der Waals surface area contributed by atoms with Gasteiger partial charge in [-0.05, 0) is 46.6 Å². The van der Waals surface area contributed by atoms with Crippen LogP contribution in [0.25, 0.3) is 10.1 Å². The number of fused-ring (bicyclic) bond motifs is 1. The third-order valence-electron chi connectivity index (χ3n) is 2.34. The molecule has 2 rings (SSSR count). The van der Waals surface area contributed by atoms with Crippen LogP contribution in [-0.2, 0) is 10.0 Å². The summed E-state index contributed by atoms with van der Waals surface area (Å²) < 4.78 is 26.8. The minimum Gasteiger partial charge on any atom is -0.477 e. The number of carbonyl (C=O) groups is 1. The van der Waals surface area contributed by atoms with Crippen molar-refractivity contribution in [2.75, 3.05) is 7.05 Å². The van der Waals surface area contributed by atoms with E-state index in [1.807, 2.05) is 0 Å². The van der Waals surface area contributed by atoms with Gasteiger partial charge in [0.2, 0.25) is 10.0 Å². The van der Waals surface area contributed by atoms with E-state index in [4.69, 9.17) is 5.11 Å². The molecular formula is C10H8BrNO4S2. The van der Waals surface area contributed by atoms with Crippen LogP contribution in [0, 0.1) is 0 Å². The van der Waals surface area contributed by atoms with Crippen LogP contribution in [0.2, 0.25) is 0 Å². The molecule has 0 fully saturated rings. The Balaban J connectivity index is 2.72. The summed E-state index contributed by atoms with van der Waals surface area (Å²) in [4.78, 5) is 11.1. The Morgan fingerprint density at radius 1 is 1.39 bits per heavy atom. The van der Waals surface area contributed by atoms with Crippen LogP contribution < -0.4 is 4.72 Å². The molecule has 0 aliphatic carbocycles. The van der Waals surface area contributed by atoms with Gasteiger partial charge in [0.1, 0.15) is 4.88 Å². The van der Waals surface area contributed by atoms with Gasteiger partial charge in [0, 0.05) is 9.17 Å². The summed E-state index contributed by atoms with van der Waals surface area (Å²) in [5, 5.41) is 9.49. The number of hydrogen-bond acceptors (Lipinski definition) is 4. The van der Waals surface area contributed by atoms with E-state index < -0.39 is 16.0 Å². The lowest BCUT2D eigenvalue weighted by molar-refractivity contribution is 0.0702. The Kier molecular flexibility index (Phi) is 3.45. The Morgan fingerprint density at radius 3 is 2.61 bits per heavy atom. The third kappa shape index (κ3) is 2.28. The molecule has 0 atom stereocenters. The number of hydrogen-bond donors (Lipinski definition) is 2. The predicted molar refractivity (Wildman–Crippen MR) is 72.7 cm³/mol. The lowest BCUT2D eigenvalue weighted by Crippen LogP contribution is -2.18. The number of benzene rings is 1. The molecule has 0 aliphatic heterocycles. The van der Waals surface area contributed by atoms with Gasteiger partial charge in [-0.2, -0.15) is 0 Å². The van der Waals surface area contributed by atoms with Gasteiger partial charge < -0.3 is 5.11 Å². The number of sulfonamides is 1. The second-order valence-corrected chi connectivity index (χ2v) is 7.24. The van der Waals surface area contributed by atoms with Crippen molar-refractivity contribution in [2.45, 2.75) is 4.90 Å². The number of carboxylic acid groups (broad SMARTS) is 1. The second-order valence-electron chi connectivity index (χ2n) is 3.44. The highest BCUT2D eigenvalue weighted by Crippen LogP contribution is 2.33. The number of aromatic carboxylic acids is 1. The molecule has 0 spiro atoms.